The van der Waals surface area contributed by atoms with E-state index < -0.39 is 5.41 Å². The monoisotopic (exact) mass is 469 g/mol. The van der Waals surface area contributed by atoms with E-state index in [1.54, 1.807) is 6.08 Å². The van der Waals surface area contributed by atoms with Gasteiger partial charge in [0.15, 0.2) is 0 Å². The first kappa shape index (κ1) is 22.6. The summed E-state index contributed by atoms with van der Waals surface area (Å²) in [6.45, 7) is 5.04. The highest BCUT2D eigenvalue weighted by Crippen LogP contribution is 2.82. The first-order chi connectivity index (χ1) is 16.9. The Morgan fingerprint density at radius 3 is 2.74 bits per heavy atom. The predicted octanol–water partition coefficient (Wildman–Crippen LogP) is 5.52. The van der Waals surface area contributed by atoms with Crippen molar-refractivity contribution in [3.63, 3.8) is 0 Å². The Hall–Kier alpha value is -2.88. The molecular formula is C31H35NO3. The van der Waals surface area contributed by atoms with Crippen LogP contribution in [-0.4, -0.2) is 18.4 Å². The third-order valence-electron chi connectivity index (χ3n) is 9.48. The van der Waals surface area contributed by atoms with Gasteiger partial charge in [0.25, 0.3) is 0 Å². The van der Waals surface area contributed by atoms with Gasteiger partial charge in [0, 0.05) is 12.6 Å². The van der Waals surface area contributed by atoms with Gasteiger partial charge >= 0.3 is 5.97 Å². The standard InChI is InChI=1S/C31H35NO3/c1-30(2,29(34)32-18-26-25-15-22-14-24-17-31(24,16-22)28(25)26)23-10-6-9-20(13-23)11-12-27(33)35-19-21-7-4-3-5-8-21/h3-13,22,24-26,28H,14-19H2,1-2H3,(H,32,34)/b12-11+. The molecule has 6 atom stereocenters. The quantitative estimate of drug-likeness (QED) is 0.409. The minimum atomic E-state index is -0.642. The zero-order chi connectivity index (χ0) is 24.2. The molecule has 0 heterocycles. The Bertz CT molecular complexity index is 1170. The lowest BCUT2D eigenvalue weighted by atomic mass is 9.83. The largest absolute Gasteiger partial charge is 0.458 e. The first-order valence-corrected chi connectivity index (χ1v) is 13.1. The van der Waals surface area contributed by atoms with E-state index in [4.69, 9.17) is 4.74 Å². The minimum absolute atomic E-state index is 0.0829. The van der Waals surface area contributed by atoms with Gasteiger partial charge in [-0.15, -0.1) is 0 Å². The van der Waals surface area contributed by atoms with Crippen LogP contribution < -0.4 is 5.32 Å². The van der Waals surface area contributed by atoms with Crippen LogP contribution in [0.1, 0.15) is 56.2 Å². The van der Waals surface area contributed by atoms with Crippen LogP contribution in [0.15, 0.2) is 60.7 Å². The van der Waals surface area contributed by atoms with Gasteiger partial charge in [0.05, 0.1) is 5.41 Å². The number of hydrogen-bond donors (Lipinski definition) is 1. The first-order valence-electron chi connectivity index (χ1n) is 13.1. The molecule has 4 fully saturated rings. The molecule has 2 aromatic carbocycles. The molecule has 4 heteroatoms. The van der Waals surface area contributed by atoms with Gasteiger partial charge in [-0.3, -0.25) is 4.79 Å². The second-order valence-electron chi connectivity index (χ2n) is 11.9. The van der Waals surface area contributed by atoms with Gasteiger partial charge < -0.3 is 10.1 Å². The van der Waals surface area contributed by atoms with Crippen molar-refractivity contribution in [3.05, 3.63) is 77.4 Å². The van der Waals surface area contributed by atoms with Crippen molar-refractivity contribution in [2.45, 2.75) is 51.6 Å². The number of hydrogen-bond acceptors (Lipinski definition) is 3. The highest BCUT2D eigenvalue weighted by Gasteiger charge is 2.75. The summed E-state index contributed by atoms with van der Waals surface area (Å²) in [5.74, 6) is 4.11. The van der Waals surface area contributed by atoms with Gasteiger partial charge in [-0.25, -0.2) is 4.79 Å². The Kier molecular flexibility index (Phi) is 5.39. The number of nitrogens with one attached hydrogen (secondary N) is 1. The van der Waals surface area contributed by atoms with Gasteiger partial charge in [0.1, 0.15) is 6.61 Å². The van der Waals surface area contributed by atoms with Crippen LogP contribution in [-0.2, 0) is 26.3 Å². The van der Waals surface area contributed by atoms with Crippen LogP contribution in [0.4, 0.5) is 0 Å². The Morgan fingerprint density at radius 1 is 1.09 bits per heavy atom. The molecule has 2 aromatic rings. The molecule has 0 saturated heterocycles. The molecule has 4 aliphatic rings. The molecule has 0 aromatic heterocycles. The fourth-order valence-electron chi connectivity index (χ4n) is 7.53. The number of carbonyl (C=O) groups excluding carboxylic acids is 2. The van der Waals surface area contributed by atoms with Crippen molar-refractivity contribution in [1.82, 2.24) is 5.32 Å². The molecule has 6 rings (SSSR count). The molecule has 2 bridgehead atoms. The van der Waals surface area contributed by atoms with Crippen molar-refractivity contribution in [2.24, 2.45) is 35.0 Å². The van der Waals surface area contributed by atoms with Crippen LogP contribution in [0.25, 0.3) is 6.08 Å². The fourth-order valence-corrected chi connectivity index (χ4v) is 7.53. The van der Waals surface area contributed by atoms with Crippen LogP contribution in [0, 0.1) is 35.0 Å². The maximum Gasteiger partial charge on any atom is 0.331 e. The normalized spacial score (nSPS) is 32.0. The molecule has 0 radical (unpaired) electrons. The summed E-state index contributed by atoms with van der Waals surface area (Å²) in [5, 5.41) is 3.31. The average molecular weight is 470 g/mol. The Morgan fingerprint density at radius 2 is 1.91 bits per heavy atom. The van der Waals surface area contributed by atoms with Gasteiger partial charge in [-0.05, 0) is 97.3 Å². The third kappa shape index (κ3) is 4.11. The van der Waals surface area contributed by atoms with Crippen molar-refractivity contribution in [2.75, 3.05) is 6.54 Å². The number of fused-ring (bicyclic) bond motifs is 2. The highest BCUT2D eigenvalue weighted by atomic mass is 16.5. The van der Waals surface area contributed by atoms with Crippen molar-refractivity contribution >= 4 is 18.0 Å². The molecule has 1 N–H and O–H groups in total. The molecule has 1 spiro atoms. The third-order valence-corrected chi connectivity index (χ3v) is 9.48. The van der Waals surface area contributed by atoms with E-state index in [2.05, 4.69) is 5.32 Å². The number of carbonyl (C=O) groups is 2. The summed E-state index contributed by atoms with van der Waals surface area (Å²) < 4.78 is 5.32. The van der Waals surface area contributed by atoms with E-state index in [9.17, 15) is 9.59 Å². The average Bonchev–Trinajstić information content (AvgIpc) is 3.73. The summed E-state index contributed by atoms with van der Waals surface area (Å²) in [6.07, 6.45) is 9.00. The smallest absolute Gasteiger partial charge is 0.331 e. The number of amides is 1. The topological polar surface area (TPSA) is 55.4 Å². The lowest BCUT2D eigenvalue weighted by Crippen LogP contribution is -2.41. The lowest BCUT2D eigenvalue weighted by molar-refractivity contribution is -0.138. The number of ether oxygens (including phenoxy) is 1. The van der Waals surface area contributed by atoms with Gasteiger partial charge in [-0.2, -0.15) is 0 Å². The summed E-state index contributed by atoms with van der Waals surface area (Å²) in [4.78, 5) is 25.4. The minimum Gasteiger partial charge on any atom is -0.458 e. The molecule has 0 aliphatic heterocycles. The summed E-state index contributed by atoms with van der Waals surface area (Å²) in [5.41, 5.74) is 2.82. The van der Waals surface area contributed by atoms with Crippen LogP contribution in [0.3, 0.4) is 0 Å². The molecule has 4 nitrogen and oxygen atoms in total. The van der Waals surface area contributed by atoms with Crippen molar-refractivity contribution < 1.29 is 14.3 Å². The number of rotatable bonds is 8. The van der Waals surface area contributed by atoms with E-state index >= 15 is 0 Å². The maximum atomic E-state index is 13.2. The molecule has 1 amide bonds. The SMILES string of the molecule is CC(C)(C(=O)NCC1C2CC3CC4CC4(C3)C12)c1cccc(/C=C/C(=O)OCc2ccccc2)c1. The van der Waals surface area contributed by atoms with E-state index in [-0.39, 0.29) is 18.5 Å². The molecule has 4 aliphatic carbocycles. The van der Waals surface area contributed by atoms with Crippen LogP contribution in [0.2, 0.25) is 0 Å². The molecule has 182 valence electrons. The van der Waals surface area contributed by atoms with E-state index in [1.807, 2.05) is 68.4 Å². The predicted molar refractivity (Wildman–Crippen MR) is 136 cm³/mol. The molecule has 4 saturated carbocycles. The summed E-state index contributed by atoms with van der Waals surface area (Å²) in [6, 6.07) is 17.5. The highest BCUT2D eigenvalue weighted by molar-refractivity contribution is 5.88. The van der Waals surface area contributed by atoms with Crippen molar-refractivity contribution in [1.29, 1.82) is 0 Å². The van der Waals surface area contributed by atoms with E-state index in [0.717, 1.165) is 46.9 Å². The second-order valence-corrected chi connectivity index (χ2v) is 11.9. The lowest BCUT2D eigenvalue weighted by Gasteiger charge is -2.25. The molecule has 35 heavy (non-hydrogen) atoms. The van der Waals surface area contributed by atoms with Gasteiger partial charge in [-0.1, -0.05) is 54.6 Å². The van der Waals surface area contributed by atoms with Crippen molar-refractivity contribution in [3.8, 4) is 0 Å². The summed E-state index contributed by atoms with van der Waals surface area (Å²) in [7, 11) is 0. The maximum absolute atomic E-state index is 13.2. The van der Waals surface area contributed by atoms with Crippen LogP contribution in [0.5, 0.6) is 0 Å². The molecular weight excluding hydrogens is 434 g/mol. The van der Waals surface area contributed by atoms with Crippen LogP contribution >= 0.6 is 0 Å². The Labute approximate surface area is 208 Å². The van der Waals surface area contributed by atoms with E-state index in [1.165, 1.54) is 31.8 Å². The summed E-state index contributed by atoms with van der Waals surface area (Å²) >= 11 is 0. The zero-order valence-corrected chi connectivity index (χ0v) is 20.7. The number of benzene rings is 2. The fraction of sp³-hybridized carbons (Fsp3) is 0.484. The van der Waals surface area contributed by atoms with Gasteiger partial charge in [0.2, 0.25) is 5.91 Å². The Balaban J connectivity index is 1.04. The molecule has 6 unspecified atom stereocenters. The zero-order valence-electron chi connectivity index (χ0n) is 20.7. The second kappa shape index (κ2) is 8.36. The van der Waals surface area contributed by atoms with E-state index in [0.29, 0.717) is 11.3 Å². The number of esters is 1.